The summed E-state index contributed by atoms with van der Waals surface area (Å²) in [5, 5.41) is 2.78. The fourth-order valence-electron chi connectivity index (χ4n) is 3.06. The molecule has 5 nitrogen and oxygen atoms in total. The van der Waals surface area contributed by atoms with E-state index in [0.717, 1.165) is 18.6 Å². The van der Waals surface area contributed by atoms with E-state index in [4.69, 9.17) is 4.74 Å². The second-order valence-electron chi connectivity index (χ2n) is 6.12. The van der Waals surface area contributed by atoms with Gasteiger partial charge in [0.15, 0.2) is 9.84 Å². The molecule has 120 valence electrons. The van der Waals surface area contributed by atoms with Crippen molar-refractivity contribution in [1.29, 1.82) is 0 Å². The van der Waals surface area contributed by atoms with Crippen LogP contribution in [0.2, 0.25) is 0 Å². The van der Waals surface area contributed by atoms with Crippen LogP contribution in [0.5, 0.6) is 5.75 Å². The van der Waals surface area contributed by atoms with Gasteiger partial charge in [-0.3, -0.25) is 4.79 Å². The maximum absolute atomic E-state index is 12.1. The Labute approximate surface area is 131 Å². The highest BCUT2D eigenvalue weighted by Gasteiger charge is 2.29. The number of amides is 1. The first-order valence-corrected chi connectivity index (χ1v) is 9.62. The van der Waals surface area contributed by atoms with E-state index in [1.807, 2.05) is 0 Å². The molecule has 0 unspecified atom stereocenters. The zero-order chi connectivity index (χ0) is 15.6. The summed E-state index contributed by atoms with van der Waals surface area (Å²) in [7, 11) is -2.98. The molecule has 3 rings (SSSR count). The van der Waals surface area contributed by atoms with Crippen molar-refractivity contribution in [3.8, 4) is 5.75 Å². The number of benzene rings is 1. The molecule has 1 aliphatic carbocycles. The summed E-state index contributed by atoms with van der Waals surface area (Å²) in [6, 6.07) is 6.79. The van der Waals surface area contributed by atoms with E-state index in [9.17, 15) is 13.2 Å². The molecule has 1 atom stereocenters. The van der Waals surface area contributed by atoms with Crippen LogP contribution in [0.3, 0.4) is 0 Å². The summed E-state index contributed by atoms with van der Waals surface area (Å²) >= 11 is 0. The minimum absolute atomic E-state index is 0.0433. The van der Waals surface area contributed by atoms with Gasteiger partial charge in [0.1, 0.15) is 5.75 Å². The normalized spacial score (nSPS) is 24.3. The van der Waals surface area contributed by atoms with Gasteiger partial charge in [-0.15, -0.1) is 0 Å². The van der Waals surface area contributed by atoms with Crippen LogP contribution in [0, 0.1) is 0 Å². The molecule has 6 heteroatoms. The van der Waals surface area contributed by atoms with Crippen LogP contribution in [-0.2, 0) is 9.84 Å². The minimum atomic E-state index is -2.98. The first-order valence-electron chi connectivity index (χ1n) is 7.80. The molecule has 0 bridgehead atoms. The van der Waals surface area contributed by atoms with Crippen molar-refractivity contribution in [2.45, 2.75) is 44.2 Å². The molecule has 1 aliphatic heterocycles. The molecule has 1 amide bonds. The lowest BCUT2D eigenvalue weighted by Crippen LogP contribution is -2.35. The van der Waals surface area contributed by atoms with E-state index in [-0.39, 0.29) is 23.5 Å². The Kier molecular flexibility index (Phi) is 4.38. The van der Waals surface area contributed by atoms with Crippen LogP contribution in [0.4, 0.5) is 0 Å². The second kappa shape index (κ2) is 6.28. The molecular weight excluding hydrogens is 302 g/mol. The van der Waals surface area contributed by atoms with Gasteiger partial charge in [-0.05, 0) is 56.4 Å². The smallest absolute Gasteiger partial charge is 0.251 e. The molecule has 1 saturated carbocycles. The van der Waals surface area contributed by atoms with Crippen LogP contribution in [0.15, 0.2) is 24.3 Å². The number of nitrogens with one attached hydrogen (secondary N) is 1. The maximum Gasteiger partial charge on any atom is 0.251 e. The maximum atomic E-state index is 12.1. The zero-order valence-corrected chi connectivity index (χ0v) is 13.3. The van der Waals surface area contributed by atoms with Crippen LogP contribution >= 0.6 is 0 Å². The Morgan fingerprint density at radius 2 is 1.77 bits per heavy atom. The van der Waals surface area contributed by atoms with Gasteiger partial charge < -0.3 is 10.1 Å². The van der Waals surface area contributed by atoms with E-state index in [1.165, 1.54) is 12.8 Å². The van der Waals surface area contributed by atoms with Gasteiger partial charge in [0, 0.05) is 11.6 Å². The van der Waals surface area contributed by atoms with Crippen LogP contribution in [0.1, 0.15) is 42.5 Å². The molecule has 1 N–H and O–H groups in total. The van der Waals surface area contributed by atoms with Gasteiger partial charge in [-0.25, -0.2) is 8.42 Å². The lowest BCUT2D eigenvalue weighted by molar-refractivity contribution is 0.0941. The van der Waals surface area contributed by atoms with E-state index in [1.54, 1.807) is 24.3 Å². The summed E-state index contributed by atoms with van der Waals surface area (Å²) in [5.74, 6) is 0.759. The predicted molar refractivity (Wildman–Crippen MR) is 83.9 cm³/mol. The summed E-state index contributed by atoms with van der Waals surface area (Å²) < 4.78 is 28.7. The average Bonchev–Trinajstić information content (AvgIpc) is 3.09. The molecule has 1 aromatic rings. The Balaban J connectivity index is 1.56. The molecule has 0 aromatic heterocycles. The average molecular weight is 323 g/mol. The second-order valence-corrected chi connectivity index (χ2v) is 8.35. The van der Waals surface area contributed by atoms with E-state index in [2.05, 4.69) is 5.32 Å². The highest BCUT2D eigenvalue weighted by atomic mass is 32.2. The Morgan fingerprint density at radius 3 is 2.36 bits per heavy atom. The van der Waals surface area contributed by atoms with Crippen LogP contribution in [-0.4, -0.2) is 38.0 Å². The third-order valence-electron chi connectivity index (χ3n) is 4.29. The molecule has 1 heterocycles. The Morgan fingerprint density at radius 1 is 1.09 bits per heavy atom. The third-order valence-corrected chi connectivity index (χ3v) is 6.06. The third kappa shape index (κ3) is 3.80. The first-order chi connectivity index (χ1) is 10.5. The van der Waals surface area contributed by atoms with Crippen molar-refractivity contribution in [1.82, 2.24) is 5.32 Å². The molecule has 22 heavy (non-hydrogen) atoms. The number of hydrogen-bond acceptors (Lipinski definition) is 4. The summed E-state index contributed by atoms with van der Waals surface area (Å²) in [5.41, 5.74) is 0.531. The largest absolute Gasteiger partial charge is 0.490 e. The van der Waals surface area contributed by atoms with Crippen molar-refractivity contribution in [3.05, 3.63) is 29.8 Å². The topological polar surface area (TPSA) is 72.5 Å². The van der Waals surface area contributed by atoms with Gasteiger partial charge >= 0.3 is 0 Å². The predicted octanol–water partition coefficient (Wildman–Crippen LogP) is 1.92. The number of hydrogen-bond donors (Lipinski definition) is 1. The van der Waals surface area contributed by atoms with Crippen LogP contribution < -0.4 is 10.1 Å². The molecule has 2 aliphatic rings. The van der Waals surface area contributed by atoms with Crippen molar-refractivity contribution < 1.29 is 17.9 Å². The molecule has 2 fully saturated rings. The fourth-order valence-corrected chi connectivity index (χ4v) is 4.73. The van der Waals surface area contributed by atoms with E-state index < -0.39 is 9.84 Å². The summed E-state index contributed by atoms with van der Waals surface area (Å²) in [4.78, 5) is 12.1. The van der Waals surface area contributed by atoms with Crippen molar-refractivity contribution >= 4 is 15.7 Å². The summed E-state index contributed by atoms with van der Waals surface area (Å²) in [6.45, 7) is 0. The molecule has 0 spiro atoms. The Bertz CT molecular complexity index is 633. The number of carbonyl (C=O) groups excluding carboxylic acids is 1. The van der Waals surface area contributed by atoms with Crippen molar-refractivity contribution in [2.75, 3.05) is 11.5 Å². The zero-order valence-electron chi connectivity index (χ0n) is 12.5. The fraction of sp³-hybridized carbons (Fsp3) is 0.562. The Hall–Kier alpha value is -1.56. The van der Waals surface area contributed by atoms with Gasteiger partial charge in [-0.2, -0.15) is 0 Å². The SMILES string of the molecule is O=C(N[C@@H]1CCS(=O)(=O)C1)c1ccc(OC2CCCC2)cc1. The number of rotatable bonds is 4. The molecular formula is C16H21NO4S. The number of sulfone groups is 1. The molecule has 1 aromatic carbocycles. The molecule has 0 radical (unpaired) electrons. The summed E-state index contributed by atoms with van der Waals surface area (Å²) in [6.07, 6.45) is 5.42. The highest BCUT2D eigenvalue weighted by molar-refractivity contribution is 7.91. The molecule has 1 saturated heterocycles. The van der Waals surface area contributed by atoms with Gasteiger partial charge in [0.2, 0.25) is 0 Å². The van der Waals surface area contributed by atoms with E-state index >= 15 is 0 Å². The van der Waals surface area contributed by atoms with Gasteiger partial charge in [0.05, 0.1) is 17.6 Å². The van der Waals surface area contributed by atoms with E-state index in [0.29, 0.717) is 18.1 Å². The standard InChI is InChI=1S/C16H21NO4S/c18-16(17-13-9-10-22(19,20)11-13)12-5-7-15(8-6-12)21-14-3-1-2-4-14/h5-8,13-14H,1-4,9-11H2,(H,17,18)/t13-/m1/s1. The number of ether oxygens (including phenoxy) is 1. The minimum Gasteiger partial charge on any atom is -0.490 e. The first kappa shape index (κ1) is 15.3. The van der Waals surface area contributed by atoms with Crippen LogP contribution in [0.25, 0.3) is 0 Å². The highest BCUT2D eigenvalue weighted by Crippen LogP contribution is 2.24. The lowest BCUT2D eigenvalue weighted by Gasteiger charge is -2.14. The van der Waals surface area contributed by atoms with Gasteiger partial charge in [-0.1, -0.05) is 0 Å². The van der Waals surface area contributed by atoms with Crippen molar-refractivity contribution in [3.63, 3.8) is 0 Å². The number of carbonyl (C=O) groups is 1. The quantitative estimate of drug-likeness (QED) is 0.919. The monoisotopic (exact) mass is 323 g/mol. The van der Waals surface area contributed by atoms with Gasteiger partial charge in [0.25, 0.3) is 5.91 Å². The van der Waals surface area contributed by atoms with Crippen molar-refractivity contribution in [2.24, 2.45) is 0 Å². The lowest BCUT2D eigenvalue weighted by atomic mass is 10.1.